The fourth-order valence-electron chi connectivity index (χ4n) is 2.57. The summed E-state index contributed by atoms with van der Waals surface area (Å²) >= 11 is 0. The lowest BCUT2D eigenvalue weighted by molar-refractivity contribution is 0.102. The van der Waals surface area contributed by atoms with Gasteiger partial charge in [0.15, 0.2) is 0 Å². The number of nitrogens with zero attached hydrogens (tertiary/aromatic N) is 1. The zero-order valence-electron chi connectivity index (χ0n) is 9.29. The van der Waals surface area contributed by atoms with E-state index in [1.54, 1.807) is 6.92 Å². The maximum Gasteiger partial charge on any atom is 0.0690 e. The summed E-state index contributed by atoms with van der Waals surface area (Å²) < 4.78 is 0. The second-order valence-corrected chi connectivity index (χ2v) is 4.80. The van der Waals surface area contributed by atoms with Crippen molar-refractivity contribution in [1.82, 2.24) is 0 Å². The van der Waals surface area contributed by atoms with E-state index in [4.69, 9.17) is 0 Å². The fraction of sp³-hybridized carbons (Fsp3) is 0.917. The van der Waals surface area contributed by atoms with Crippen molar-refractivity contribution in [2.24, 2.45) is 11.3 Å². The van der Waals surface area contributed by atoms with E-state index in [1.807, 2.05) is 0 Å². The highest BCUT2D eigenvalue weighted by atomic mass is 16.3. The Labute approximate surface area is 86.9 Å². The van der Waals surface area contributed by atoms with E-state index in [9.17, 15) is 10.4 Å². The van der Waals surface area contributed by atoms with Crippen LogP contribution in [0.2, 0.25) is 0 Å². The molecule has 0 heterocycles. The molecule has 1 unspecified atom stereocenters. The summed E-state index contributed by atoms with van der Waals surface area (Å²) in [5.74, 6) is 0.811. The Balaban J connectivity index is 2.53. The molecule has 14 heavy (non-hydrogen) atoms. The number of rotatable bonds is 3. The molecule has 80 valence electrons. The van der Waals surface area contributed by atoms with Crippen molar-refractivity contribution in [2.45, 2.75) is 58.5 Å². The predicted octanol–water partition coefficient (Wildman–Crippen LogP) is 2.87. The largest absolute Gasteiger partial charge is 0.393 e. The van der Waals surface area contributed by atoms with Gasteiger partial charge in [-0.1, -0.05) is 13.3 Å². The van der Waals surface area contributed by atoms with Crippen LogP contribution in [0, 0.1) is 22.7 Å². The molecule has 1 atom stereocenters. The highest BCUT2D eigenvalue weighted by Crippen LogP contribution is 2.42. The van der Waals surface area contributed by atoms with Gasteiger partial charge in [-0.25, -0.2) is 0 Å². The van der Waals surface area contributed by atoms with Crippen LogP contribution >= 0.6 is 0 Å². The van der Waals surface area contributed by atoms with Gasteiger partial charge in [-0.05, 0) is 44.9 Å². The van der Waals surface area contributed by atoms with E-state index in [0.29, 0.717) is 6.42 Å². The minimum Gasteiger partial charge on any atom is -0.393 e. The second-order valence-electron chi connectivity index (χ2n) is 4.80. The Morgan fingerprint density at radius 1 is 1.50 bits per heavy atom. The van der Waals surface area contributed by atoms with Crippen molar-refractivity contribution < 1.29 is 5.11 Å². The van der Waals surface area contributed by atoms with E-state index >= 15 is 0 Å². The molecule has 1 aliphatic rings. The van der Waals surface area contributed by atoms with Crippen molar-refractivity contribution in [3.8, 4) is 6.07 Å². The van der Waals surface area contributed by atoms with Crippen LogP contribution in [0.1, 0.15) is 52.4 Å². The van der Waals surface area contributed by atoms with Crippen molar-refractivity contribution in [3.05, 3.63) is 0 Å². The van der Waals surface area contributed by atoms with E-state index in [-0.39, 0.29) is 11.5 Å². The Hall–Kier alpha value is -0.550. The molecule has 0 aliphatic heterocycles. The SMILES string of the molecule is CCC1CCC(C#N)(CC(C)O)CC1. The van der Waals surface area contributed by atoms with E-state index in [2.05, 4.69) is 13.0 Å². The van der Waals surface area contributed by atoms with Crippen molar-refractivity contribution in [2.75, 3.05) is 0 Å². The lowest BCUT2D eigenvalue weighted by Crippen LogP contribution is -2.29. The summed E-state index contributed by atoms with van der Waals surface area (Å²) in [6, 6.07) is 2.43. The molecule has 0 radical (unpaired) electrons. The van der Waals surface area contributed by atoms with Crippen molar-refractivity contribution >= 4 is 0 Å². The van der Waals surface area contributed by atoms with Gasteiger partial charge in [-0.15, -0.1) is 0 Å². The van der Waals surface area contributed by atoms with Crippen LogP contribution in [0.3, 0.4) is 0 Å². The Bertz CT molecular complexity index is 209. The zero-order chi connectivity index (χ0) is 10.6. The van der Waals surface area contributed by atoms with Crippen molar-refractivity contribution in [1.29, 1.82) is 5.26 Å². The van der Waals surface area contributed by atoms with Crippen LogP contribution in [0.15, 0.2) is 0 Å². The summed E-state index contributed by atoms with van der Waals surface area (Å²) in [6.45, 7) is 4.00. The number of aliphatic hydroxyl groups is 1. The lowest BCUT2D eigenvalue weighted by atomic mass is 9.68. The van der Waals surface area contributed by atoms with Crippen LogP contribution in [-0.2, 0) is 0 Å². The van der Waals surface area contributed by atoms with Crippen LogP contribution in [0.5, 0.6) is 0 Å². The molecule has 2 nitrogen and oxygen atoms in total. The van der Waals surface area contributed by atoms with E-state index in [0.717, 1.165) is 31.6 Å². The number of hydrogen-bond acceptors (Lipinski definition) is 2. The first-order chi connectivity index (χ1) is 6.62. The second kappa shape index (κ2) is 4.79. The Kier molecular flexibility index (Phi) is 3.95. The highest BCUT2D eigenvalue weighted by Gasteiger charge is 2.35. The highest BCUT2D eigenvalue weighted by molar-refractivity contribution is 5.02. The van der Waals surface area contributed by atoms with Gasteiger partial charge in [0.05, 0.1) is 17.6 Å². The van der Waals surface area contributed by atoms with Crippen LogP contribution in [-0.4, -0.2) is 11.2 Å². The normalized spacial score (nSPS) is 34.9. The quantitative estimate of drug-likeness (QED) is 0.752. The molecule has 0 bridgehead atoms. The van der Waals surface area contributed by atoms with E-state index < -0.39 is 0 Å². The van der Waals surface area contributed by atoms with Crippen LogP contribution < -0.4 is 0 Å². The Morgan fingerprint density at radius 2 is 2.07 bits per heavy atom. The fourth-order valence-corrected chi connectivity index (χ4v) is 2.57. The first kappa shape index (κ1) is 11.5. The predicted molar refractivity (Wildman–Crippen MR) is 56.6 cm³/mol. The Morgan fingerprint density at radius 3 is 2.43 bits per heavy atom. The summed E-state index contributed by atoms with van der Waals surface area (Å²) in [5, 5.41) is 18.6. The molecule has 1 fully saturated rings. The molecule has 1 rings (SSSR count). The average molecular weight is 195 g/mol. The zero-order valence-corrected chi connectivity index (χ0v) is 9.29. The summed E-state index contributed by atoms with van der Waals surface area (Å²) in [7, 11) is 0. The molecule has 0 saturated heterocycles. The smallest absolute Gasteiger partial charge is 0.0690 e. The van der Waals surface area contributed by atoms with Gasteiger partial charge in [0.1, 0.15) is 0 Å². The van der Waals surface area contributed by atoms with Gasteiger partial charge < -0.3 is 5.11 Å². The molecule has 1 aliphatic carbocycles. The van der Waals surface area contributed by atoms with Gasteiger partial charge in [-0.3, -0.25) is 0 Å². The summed E-state index contributed by atoms with van der Waals surface area (Å²) in [4.78, 5) is 0. The molecule has 0 amide bonds. The number of hydrogen-bond donors (Lipinski definition) is 1. The first-order valence-electron chi connectivity index (χ1n) is 5.71. The molecule has 0 spiro atoms. The first-order valence-corrected chi connectivity index (χ1v) is 5.71. The maximum absolute atomic E-state index is 9.37. The lowest BCUT2D eigenvalue weighted by Gasteiger charge is -2.35. The van der Waals surface area contributed by atoms with Gasteiger partial charge in [-0.2, -0.15) is 5.26 Å². The molecular weight excluding hydrogens is 174 g/mol. The minimum atomic E-state index is -0.340. The van der Waals surface area contributed by atoms with Gasteiger partial charge in [0.25, 0.3) is 0 Å². The van der Waals surface area contributed by atoms with Gasteiger partial charge >= 0.3 is 0 Å². The molecule has 2 heteroatoms. The molecular formula is C12H21NO. The summed E-state index contributed by atoms with van der Waals surface area (Å²) in [6.07, 6.45) is 5.83. The third kappa shape index (κ3) is 2.72. The molecule has 1 N–H and O–H groups in total. The standard InChI is InChI=1S/C12H21NO/c1-3-11-4-6-12(9-13,7-5-11)8-10(2)14/h10-11,14H,3-8H2,1-2H3. The molecule has 0 aromatic carbocycles. The molecule has 0 aromatic rings. The van der Waals surface area contributed by atoms with Crippen LogP contribution in [0.4, 0.5) is 0 Å². The minimum absolute atomic E-state index is 0.222. The topological polar surface area (TPSA) is 44.0 Å². The van der Waals surface area contributed by atoms with Crippen molar-refractivity contribution in [3.63, 3.8) is 0 Å². The maximum atomic E-state index is 9.37. The van der Waals surface area contributed by atoms with Crippen LogP contribution in [0.25, 0.3) is 0 Å². The van der Waals surface area contributed by atoms with E-state index in [1.165, 1.54) is 6.42 Å². The summed E-state index contributed by atoms with van der Waals surface area (Å²) in [5.41, 5.74) is -0.222. The number of nitriles is 1. The van der Waals surface area contributed by atoms with Gasteiger partial charge in [0, 0.05) is 0 Å². The third-order valence-electron chi connectivity index (χ3n) is 3.56. The third-order valence-corrected chi connectivity index (χ3v) is 3.56. The van der Waals surface area contributed by atoms with Gasteiger partial charge in [0.2, 0.25) is 0 Å². The number of aliphatic hydroxyl groups excluding tert-OH is 1. The monoisotopic (exact) mass is 195 g/mol. The molecule has 0 aromatic heterocycles. The average Bonchev–Trinajstić information content (AvgIpc) is 2.18. The molecule has 1 saturated carbocycles.